The Kier molecular flexibility index (Phi) is 2.50. The van der Waals surface area contributed by atoms with Crippen molar-refractivity contribution in [1.82, 2.24) is 5.32 Å². The molecule has 76 valence electrons. The van der Waals surface area contributed by atoms with Gasteiger partial charge in [-0.05, 0) is 36.6 Å². The average molecular weight is 197 g/mol. The first-order chi connectivity index (χ1) is 6.72. The molecule has 1 aliphatic rings. The molecule has 1 atom stereocenters. The number of benzene rings is 1. The first-order valence-corrected chi connectivity index (χ1v) is 4.93. The third-order valence-electron chi connectivity index (χ3n) is 2.70. The lowest BCUT2D eigenvalue weighted by Gasteiger charge is -2.12. The minimum atomic E-state index is -0.481. The zero-order valence-corrected chi connectivity index (χ0v) is 8.11. The van der Waals surface area contributed by atoms with Crippen molar-refractivity contribution in [3.8, 4) is 0 Å². The van der Waals surface area contributed by atoms with Crippen molar-refractivity contribution >= 4 is 0 Å². The van der Waals surface area contributed by atoms with Crippen LogP contribution < -0.4 is 5.32 Å². The molecule has 14 heavy (non-hydrogen) atoms. The summed E-state index contributed by atoms with van der Waals surface area (Å²) in [6.45, 7) is 2.82. The summed E-state index contributed by atoms with van der Waals surface area (Å²) in [5.74, 6) is -0.883. The van der Waals surface area contributed by atoms with Gasteiger partial charge >= 0.3 is 0 Å². The molecular formula is C11H13F2N. The molecule has 0 fully saturated rings. The van der Waals surface area contributed by atoms with Gasteiger partial charge in [0.25, 0.3) is 0 Å². The molecule has 0 heterocycles. The van der Waals surface area contributed by atoms with Crippen LogP contribution in [0.5, 0.6) is 0 Å². The monoisotopic (exact) mass is 197 g/mol. The van der Waals surface area contributed by atoms with Crippen LogP contribution in [-0.2, 0) is 6.42 Å². The highest BCUT2D eigenvalue weighted by atomic mass is 19.1. The van der Waals surface area contributed by atoms with E-state index in [1.165, 1.54) is 6.07 Å². The van der Waals surface area contributed by atoms with Gasteiger partial charge in [-0.2, -0.15) is 0 Å². The van der Waals surface area contributed by atoms with Crippen LogP contribution in [0.25, 0.3) is 0 Å². The zero-order chi connectivity index (χ0) is 10.1. The summed E-state index contributed by atoms with van der Waals surface area (Å²) < 4.78 is 26.3. The molecule has 1 aromatic rings. The van der Waals surface area contributed by atoms with Crippen LogP contribution in [0, 0.1) is 11.6 Å². The highest BCUT2D eigenvalue weighted by Gasteiger charge is 2.25. The van der Waals surface area contributed by atoms with Gasteiger partial charge < -0.3 is 5.32 Å². The first kappa shape index (κ1) is 9.59. The van der Waals surface area contributed by atoms with E-state index in [1.807, 2.05) is 6.92 Å². The molecule has 0 radical (unpaired) electrons. The fourth-order valence-corrected chi connectivity index (χ4v) is 2.10. The van der Waals surface area contributed by atoms with E-state index in [0.29, 0.717) is 12.0 Å². The van der Waals surface area contributed by atoms with Crippen LogP contribution in [-0.4, -0.2) is 6.54 Å². The quantitative estimate of drug-likeness (QED) is 0.768. The highest BCUT2D eigenvalue weighted by molar-refractivity contribution is 5.36. The maximum atomic E-state index is 13.3. The number of hydrogen-bond acceptors (Lipinski definition) is 1. The molecule has 1 unspecified atom stereocenters. The molecule has 1 N–H and O–H groups in total. The van der Waals surface area contributed by atoms with E-state index in [4.69, 9.17) is 0 Å². The summed E-state index contributed by atoms with van der Waals surface area (Å²) in [6.07, 6.45) is 1.57. The number of fused-ring (bicyclic) bond motifs is 1. The summed E-state index contributed by atoms with van der Waals surface area (Å²) in [5.41, 5.74) is 1.47. The molecule has 0 aliphatic heterocycles. The Bertz CT molecular complexity index is 349. The summed E-state index contributed by atoms with van der Waals surface area (Å²) >= 11 is 0. The van der Waals surface area contributed by atoms with Gasteiger partial charge in [-0.15, -0.1) is 0 Å². The molecule has 1 aliphatic carbocycles. The number of nitrogens with one attached hydrogen (secondary N) is 1. The van der Waals surface area contributed by atoms with E-state index < -0.39 is 11.6 Å². The Morgan fingerprint density at radius 2 is 2.21 bits per heavy atom. The Balaban J connectivity index is 2.38. The van der Waals surface area contributed by atoms with Gasteiger partial charge in [-0.25, -0.2) is 8.78 Å². The van der Waals surface area contributed by atoms with E-state index in [9.17, 15) is 8.78 Å². The van der Waals surface area contributed by atoms with Gasteiger partial charge in [0.15, 0.2) is 0 Å². The van der Waals surface area contributed by atoms with Crippen LogP contribution >= 0.6 is 0 Å². The lowest BCUT2D eigenvalue weighted by atomic mass is 10.1. The van der Waals surface area contributed by atoms with Crippen LogP contribution in [0.1, 0.15) is 30.5 Å². The molecule has 0 aromatic heterocycles. The highest BCUT2D eigenvalue weighted by Crippen LogP contribution is 2.33. The molecular weight excluding hydrogens is 184 g/mol. The van der Waals surface area contributed by atoms with E-state index in [-0.39, 0.29) is 6.04 Å². The fourth-order valence-electron chi connectivity index (χ4n) is 2.10. The normalized spacial score (nSPS) is 19.8. The van der Waals surface area contributed by atoms with E-state index in [0.717, 1.165) is 24.6 Å². The predicted octanol–water partition coefficient (Wildman–Crippen LogP) is 2.56. The Labute approximate surface area is 82.1 Å². The maximum Gasteiger partial charge on any atom is 0.129 e. The third-order valence-corrected chi connectivity index (χ3v) is 2.70. The smallest absolute Gasteiger partial charge is 0.129 e. The van der Waals surface area contributed by atoms with Crippen molar-refractivity contribution in [2.75, 3.05) is 6.54 Å². The largest absolute Gasteiger partial charge is 0.310 e. The molecule has 0 saturated carbocycles. The molecule has 2 rings (SSSR count). The van der Waals surface area contributed by atoms with Crippen LogP contribution in [0.3, 0.4) is 0 Å². The SMILES string of the molecule is CCNC1CCc2c(F)cc(F)cc21. The van der Waals surface area contributed by atoms with E-state index in [1.54, 1.807) is 0 Å². The molecule has 0 spiro atoms. The summed E-state index contributed by atoms with van der Waals surface area (Å²) in [4.78, 5) is 0. The third kappa shape index (κ3) is 1.52. The number of rotatable bonds is 2. The lowest BCUT2D eigenvalue weighted by molar-refractivity contribution is 0.544. The van der Waals surface area contributed by atoms with Gasteiger partial charge in [0.05, 0.1) is 0 Å². The van der Waals surface area contributed by atoms with Crippen molar-refractivity contribution < 1.29 is 8.78 Å². The second kappa shape index (κ2) is 3.65. The van der Waals surface area contributed by atoms with Gasteiger partial charge in [0.1, 0.15) is 11.6 Å². The van der Waals surface area contributed by atoms with Crippen molar-refractivity contribution in [1.29, 1.82) is 0 Å². The van der Waals surface area contributed by atoms with Gasteiger partial charge in [-0.3, -0.25) is 0 Å². The summed E-state index contributed by atoms with van der Waals surface area (Å²) in [6, 6.07) is 2.53. The minimum absolute atomic E-state index is 0.125. The standard InChI is InChI=1S/C11H13F2N/c1-2-14-11-4-3-8-9(11)5-7(12)6-10(8)13/h5-6,11,14H,2-4H2,1H3. The topological polar surface area (TPSA) is 12.0 Å². The van der Waals surface area contributed by atoms with E-state index in [2.05, 4.69) is 5.32 Å². The Morgan fingerprint density at radius 1 is 1.43 bits per heavy atom. The molecule has 0 saturated heterocycles. The molecule has 0 amide bonds. The summed E-state index contributed by atoms with van der Waals surface area (Å²) in [7, 11) is 0. The van der Waals surface area contributed by atoms with Gasteiger partial charge in [-0.1, -0.05) is 6.92 Å². The van der Waals surface area contributed by atoms with Gasteiger partial charge in [0, 0.05) is 12.1 Å². The van der Waals surface area contributed by atoms with Crippen LogP contribution in [0.15, 0.2) is 12.1 Å². The fraction of sp³-hybridized carbons (Fsp3) is 0.455. The van der Waals surface area contributed by atoms with Crippen molar-refractivity contribution in [3.05, 3.63) is 34.9 Å². The average Bonchev–Trinajstić information content (AvgIpc) is 2.49. The van der Waals surface area contributed by atoms with Crippen LogP contribution in [0.2, 0.25) is 0 Å². The predicted molar refractivity (Wildman–Crippen MR) is 51.1 cm³/mol. The molecule has 1 nitrogen and oxygen atoms in total. The van der Waals surface area contributed by atoms with Crippen LogP contribution in [0.4, 0.5) is 8.78 Å². The molecule has 3 heteroatoms. The van der Waals surface area contributed by atoms with Crippen molar-refractivity contribution in [3.63, 3.8) is 0 Å². The first-order valence-electron chi connectivity index (χ1n) is 4.93. The zero-order valence-electron chi connectivity index (χ0n) is 8.11. The summed E-state index contributed by atoms with van der Waals surface area (Å²) in [5, 5.41) is 3.22. The van der Waals surface area contributed by atoms with Crippen molar-refractivity contribution in [2.45, 2.75) is 25.8 Å². The molecule has 1 aromatic carbocycles. The Hall–Kier alpha value is -0.960. The second-order valence-electron chi connectivity index (χ2n) is 3.60. The molecule has 0 bridgehead atoms. The van der Waals surface area contributed by atoms with Crippen molar-refractivity contribution in [2.24, 2.45) is 0 Å². The Morgan fingerprint density at radius 3 is 2.93 bits per heavy atom. The van der Waals surface area contributed by atoms with Gasteiger partial charge in [0.2, 0.25) is 0 Å². The second-order valence-corrected chi connectivity index (χ2v) is 3.60. The number of hydrogen-bond donors (Lipinski definition) is 1. The minimum Gasteiger partial charge on any atom is -0.310 e. The number of halogens is 2. The van der Waals surface area contributed by atoms with E-state index >= 15 is 0 Å². The maximum absolute atomic E-state index is 13.3. The lowest BCUT2D eigenvalue weighted by Crippen LogP contribution is -2.18.